The maximum absolute atomic E-state index is 13.1. The molecule has 2 rings (SSSR count). The summed E-state index contributed by atoms with van der Waals surface area (Å²) >= 11 is 15.7. The first kappa shape index (κ1) is 22.2. The molecule has 2 aromatic carbocycles. The molecule has 9 heteroatoms. The summed E-state index contributed by atoms with van der Waals surface area (Å²) in [4.78, 5) is 11.8. The number of sulfonamides is 1. The molecule has 146 valence electrons. The predicted molar refractivity (Wildman–Crippen MR) is 109 cm³/mol. The number of ether oxygens (including phenoxy) is 1. The van der Waals surface area contributed by atoms with Gasteiger partial charge in [-0.1, -0.05) is 45.2 Å². The van der Waals surface area contributed by atoms with Crippen molar-refractivity contribution in [1.29, 1.82) is 0 Å². The lowest BCUT2D eigenvalue weighted by molar-refractivity contribution is -0.143. The summed E-state index contributed by atoms with van der Waals surface area (Å²) in [5.41, 5.74) is 0.477. The maximum Gasteiger partial charge on any atom is 0.307 e. The van der Waals surface area contributed by atoms with Crippen LogP contribution < -0.4 is 0 Å². The van der Waals surface area contributed by atoms with Gasteiger partial charge in [0.1, 0.15) is 0 Å². The second-order valence-electron chi connectivity index (χ2n) is 5.55. The van der Waals surface area contributed by atoms with Crippen LogP contribution in [0, 0.1) is 0 Å². The van der Waals surface area contributed by atoms with Crippen molar-refractivity contribution in [3.8, 4) is 0 Å². The van der Waals surface area contributed by atoms with Crippen LogP contribution in [0.5, 0.6) is 0 Å². The maximum atomic E-state index is 13.1. The third kappa shape index (κ3) is 5.93. The van der Waals surface area contributed by atoms with Gasteiger partial charge in [0.05, 0.1) is 17.9 Å². The van der Waals surface area contributed by atoms with Gasteiger partial charge in [0.2, 0.25) is 10.0 Å². The summed E-state index contributed by atoms with van der Waals surface area (Å²) < 4.78 is 33.1. The monoisotopic (exact) mass is 493 g/mol. The highest BCUT2D eigenvalue weighted by Crippen LogP contribution is 2.28. The molecule has 0 aliphatic rings. The van der Waals surface area contributed by atoms with E-state index >= 15 is 0 Å². The highest BCUT2D eigenvalue weighted by molar-refractivity contribution is 9.10. The van der Waals surface area contributed by atoms with Crippen LogP contribution in [0.1, 0.15) is 18.9 Å². The van der Waals surface area contributed by atoms with Gasteiger partial charge in [-0.2, -0.15) is 4.31 Å². The Labute approximate surface area is 177 Å². The van der Waals surface area contributed by atoms with Crippen LogP contribution in [0.4, 0.5) is 0 Å². The molecule has 0 fully saturated rings. The number of carbonyl (C=O) groups excluding carboxylic acids is 1. The van der Waals surface area contributed by atoms with Gasteiger partial charge >= 0.3 is 5.97 Å². The lowest BCUT2D eigenvalue weighted by atomic mass is 10.2. The number of rotatable bonds is 8. The van der Waals surface area contributed by atoms with Crippen LogP contribution in [-0.2, 0) is 26.1 Å². The van der Waals surface area contributed by atoms with E-state index in [2.05, 4.69) is 15.9 Å². The molecule has 0 aliphatic heterocycles. The fraction of sp³-hybridized carbons (Fsp3) is 0.278. The highest BCUT2D eigenvalue weighted by Gasteiger charge is 2.27. The van der Waals surface area contributed by atoms with E-state index in [0.717, 1.165) is 4.47 Å². The molecule has 0 saturated carbocycles. The predicted octanol–water partition coefficient (Wildman–Crippen LogP) is 4.90. The Morgan fingerprint density at radius 3 is 2.26 bits per heavy atom. The molecule has 0 aliphatic carbocycles. The Kier molecular flexibility index (Phi) is 8.12. The van der Waals surface area contributed by atoms with Gasteiger partial charge in [0.25, 0.3) is 0 Å². The van der Waals surface area contributed by atoms with Crippen LogP contribution in [0.3, 0.4) is 0 Å². The van der Waals surface area contributed by atoms with Crippen molar-refractivity contribution >= 4 is 55.1 Å². The molecule has 0 bridgehead atoms. The van der Waals surface area contributed by atoms with Crippen molar-refractivity contribution in [2.24, 2.45) is 0 Å². The topological polar surface area (TPSA) is 63.7 Å². The molecular formula is C18H18BrCl2NO4S. The zero-order valence-corrected chi connectivity index (χ0v) is 18.4. The van der Waals surface area contributed by atoms with Crippen LogP contribution in [0.25, 0.3) is 0 Å². The molecular weight excluding hydrogens is 477 g/mol. The second-order valence-corrected chi connectivity index (χ2v) is 9.22. The van der Waals surface area contributed by atoms with Gasteiger partial charge < -0.3 is 4.74 Å². The zero-order valence-electron chi connectivity index (χ0n) is 14.5. The number of benzene rings is 2. The Bertz CT molecular complexity index is 884. The largest absolute Gasteiger partial charge is 0.466 e. The van der Waals surface area contributed by atoms with Crippen LogP contribution in [-0.4, -0.2) is 31.8 Å². The molecule has 0 atom stereocenters. The lowest BCUT2D eigenvalue weighted by Crippen LogP contribution is -2.33. The Balaban J connectivity index is 2.36. The molecule has 0 amide bonds. The van der Waals surface area contributed by atoms with E-state index in [1.54, 1.807) is 37.3 Å². The van der Waals surface area contributed by atoms with Crippen molar-refractivity contribution < 1.29 is 17.9 Å². The summed E-state index contributed by atoms with van der Waals surface area (Å²) in [6, 6.07) is 11.2. The summed E-state index contributed by atoms with van der Waals surface area (Å²) in [5.74, 6) is -0.473. The van der Waals surface area contributed by atoms with Gasteiger partial charge in [0, 0.05) is 33.2 Å². The van der Waals surface area contributed by atoms with E-state index in [0.29, 0.717) is 15.6 Å². The molecule has 0 radical (unpaired) electrons. The number of esters is 1. The standard InChI is InChI=1S/C18H18BrCl2NO4S/c1-2-26-18(23)10-11-22(12-15-16(20)4-3-5-17(15)21)27(24,25)14-8-6-13(19)7-9-14/h3-9H,2,10-12H2,1H3. The van der Waals surface area contributed by atoms with Crippen molar-refractivity contribution in [1.82, 2.24) is 4.31 Å². The summed E-state index contributed by atoms with van der Waals surface area (Å²) in [5, 5.41) is 0.712. The Morgan fingerprint density at radius 2 is 1.70 bits per heavy atom. The van der Waals surface area contributed by atoms with Crippen molar-refractivity contribution in [3.05, 3.63) is 62.5 Å². The van der Waals surface area contributed by atoms with Crippen LogP contribution in [0.15, 0.2) is 51.8 Å². The molecule has 0 heterocycles. The third-order valence-corrected chi connectivity index (χ3v) is 6.81. The van der Waals surface area contributed by atoms with Crippen molar-refractivity contribution in [2.75, 3.05) is 13.2 Å². The molecule has 0 aromatic heterocycles. The summed E-state index contributed by atoms with van der Waals surface area (Å²) in [6.07, 6.45) is -0.0777. The fourth-order valence-electron chi connectivity index (χ4n) is 2.35. The first-order chi connectivity index (χ1) is 12.8. The summed E-state index contributed by atoms with van der Waals surface area (Å²) in [6.45, 7) is 1.81. The van der Waals surface area contributed by atoms with E-state index in [1.807, 2.05) is 0 Å². The van der Waals surface area contributed by atoms with Gasteiger partial charge in [-0.3, -0.25) is 4.79 Å². The van der Waals surface area contributed by atoms with E-state index in [9.17, 15) is 13.2 Å². The Morgan fingerprint density at radius 1 is 1.11 bits per heavy atom. The first-order valence-corrected chi connectivity index (χ1v) is 11.1. The van der Waals surface area contributed by atoms with Gasteiger partial charge in [0.15, 0.2) is 0 Å². The minimum atomic E-state index is -3.87. The third-order valence-electron chi connectivity index (χ3n) is 3.72. The van der Waals surface area contributed by atoms with E-state index in [1.165, 1.54) is 16.4 Å². The lowest BCUT2D eigenvalue weighted by Gasteiger charge is -2.23. The van der Waals surface area contributed by atoms with Gasteiger partial charge in [-0.05, 0) is 43.3 Å². The van der Waals surface area contributed by atoms with Crippen LogP contribution >= 0.6 is 39.1 Å². The number of halogens is 3. The quantitative estimate of drug-likeness (QED) is 0.489. The Hall–Kier alpha value is -1.12. The van der Waals surface area contributed by atoms with Crippen molar-refractivity contribution in [3.63, 3.8) is 0 Å². The minimum Gasteiger partial charge on any atom is -0.466 e. The summed E-state index contributed by atoms with van der Waals surface area (Å²) in [7, 11) is -3.87. The molecule has 0 spiro atoms. The average Bonchev–Trinajstić information content (AvgIpc) is 2.61. The number of hydrogen-bond donors (Lipinski definition) is 0. The van der Waals surface area contributed by atoms with E-state index in [4.69, 9.17) is 27.9 Å². The zero-order chi connectivity index (χ0) is 20.0. The fourth-order valence-corrected chi connectivity index (χ4v) is 4.54. The molecule has 5 nitrogen and oxygen atoms in total. The smallest absolute Gasteiger partial charge is 0.307 e. The second kappa shape index (κ2) is 9.89. The number of carbonyl (C=O) groups is 1. The van der Waals surface area contributed by atoms with Gasteiger partial charge in [-0.25, -0.2) is 8.42 Å². The normalized spacial score (nSPS) is 11.6. The molecule has 27 heavy (non-hydrogen) atoms. The van der Waals surface area contributed by atoms with Crippen molar-refractivity contribution in [2.45, 2.75) is 24.8 Å². The van der Waals surface area contributed by atoms with Crippen LogP contribution in [0.2, 0.25) is 10.0 Å². The molecule has 0 saturated heterocycles. The SMILES string of the molecule is CCOC(=O)CCN(Cc1c(Cl)cccc1Cl)S(=O)(=O)c1ccc(Br)cc1. The highest BCUT2D eigenvalue weighted by atomic mass is 79.9. The average molecular weight is 495 g/mol. The number of nitrogens with zero attached hydrogens (tertiary/aromatic N) is 1. The molecule has 0 N–H and O–H groups in total. The minimum absolute atomic E-state index is 0.0568. The van der Waals surface area contributed by atoms with E-state index in [-0.39, 0.29) is 31.0 Å². The molecule has 0 unspecified atom stereocenters. The van der Waals surface area contributed by atoms with Gasteiger partial charge in [-0.15, -0.1) is 0 Å². The number of hydrogen-bond acceptors (Lipinski definition) is 4. The van der Waals surface area contributed by atoms with E-state index < -0.39 is 16.0 Å². The molecule has 2 aromatic rings. The first-order valence-electron chi connectivity index (χ1n) is 8.10.